The van der Waals surface area contributed by atoms with Crippen molar-refractivity contribution in [1.82, 2.24) is 0 Å². The molecule has 1 heterocycles. The number of fused-ring (bicyclic) bond motifs is 6. The molecule has 0 spiro atoms. The number of rotatable bonds is 6. The Bertz CT molecular complexity index is 2570. The maximum absolute atomic E-state index is 2.47. The normalized spacial score (nSPS) is 14.1. The van der Waals surface area contributed by atoms with Crippen molar-refractivity contribution in [2.75, 3.05) is 0 Å². The molecule has 0 N–H and O–H groups in total. The van der Waals surface area contributed by atoms with Gasteiger partial charge in [-0.05, 0) is 102 Å². The van der Waals surface area contributed by atoms with Crippen LogP contribution in [0, 0.1) is 0 Å². The molecular formula is C54H36S. The first-order valence-corrected chi connectivity index (χ1v) is 19.9. The van der Waals surface area contributed by atoms with Crippen LogP contribution in [-0.4, -0.2) is 0 Å². The lowest BCUT2D eigenvalue weighted by atomic mass is 9.67. The Morgan fingerprint density at radius 2 is 0.564 bits per heavy atom. The molecule has 0 radical (unpaired) electrons. The molecule has 0 fully saturated rings. The van der Waals surface area contributed by atoms with Crippen molar-refractivity contribution in [3.05, 3.63) is 263 Å². The summed E-state index contributed by atoms with van der Waals surface area (Å²) < 4.78 is 0. The van der Waals surface area contributed by atoms with Crippen LogP contribution >= 0.6 is 11.3 Å². The minimum absolute atomic E-state index is 0.419. The van der Waals surface area contributed by atoms with Crippen molar-refractivity contribution < 1.29 is 0 Å². The summed E-state index contributed by atoms with van der Waals surface area (Å²) in [6.45, 7) is 0. The summed E-state index contributed by atoms with van der Waals surface area (Å²) in [5.41, 5.74) is 17.4. The minimum Gasteiger partial charge on any atom is -0.135 e. The van der Waals surface area contributed by atoms with E-state index < -0.39 is 10.8 Å². The lowest BCUT2D eigenvalue weighted by Gasteiger charge is -2.34. The fourth-order valence-electron chi connectivity index (χ4n) is 9.84. The summed E-state index contributed by atoms with van der Waals surface area (Å²) in [7, 11) is 0. The van der Waals surface area contributed by atoms with Crippen LogP contribution in [0.4, 0.5) is 0 Å². The lowest BCUT2D eigenvalue weighted by molar-refractivity contribution is 0.769. The van der Waals surface area contributed by atoms with Gasteiger partial charge in [0.2, 0.25) is 0 Å². The second kappa shape index (κ2) is 12.5. The van der Waals surface area contributed by atoms with Crippen LogP contribution in [0.5, 0.6) is 0 Å². The van der Waals surface area contributed by atoms with Gasteiger partial charge >= 0.3 is 0 Å². The van der Waals surface area contributed by atoms with Gasteiger partial charge in [-0.15, -0.1) is 11.3 Å². The summed E-state index contributed by atoms with van der Waals surface area (Å²) in [6.07, 6.45) is 0. The molecule has 11 rings (SSSR count). The molecule has 0 bridgehead atoms. The zero-order chi connectivity index (χ0) is 36.4. The Morgan fingerprint density at radius 1 is 0.255 bits per heavy atom. The molecule has 0 unspecified atom stereocenters. The van der Waals surface area contributed by atoms with E-state index in [0.717, 1.165) is 0 Å². The van der Waals surface area contributed by atoms with E-state index in [-0.39, 0.29) is 0 Å². The van der Waals surface area contributed by atoms with E-state index in [1.807, 2.05) is 11.3 Å². The van der Waals surface area contributed by atoms with Crippen molar-refractivity contribution >= 4 is 11.3 Å². The predicted octanol–water partition coefficient (Wildman–Crippen LogP) is 13.8. The zero-order valence-electron chi connectivity index (χ0n) is 30.2. The van der Waals surface area contributed by atoms with Gasteiger partial charge in [0.15, 0.2) is 0 Å². The number of hydrogen-bond donors (Lipinski definition) is 0. The van der Waals surface area contributed by atoms with Gasteiger partial charge in [-0.3, -0.25) is 0 Å². The maximum Gasteiger partial charge on any atom is 0.0713 e. The van der Waals surface area contributed by atoms with E-state index in [4.69, 9.17) is 0 Å². The number of benzene rings is 8. The van der Waals surface area contributed by atoms with E-state index in [1.165, 1.54) is 87.6 Å². The van der Waals surface area contributed by atoms with Gasteiger partial charge in [-0.25, -0.2) is 0 Å². The topological polar surface area (TPSA) is 0 Å². The van der Waals surface area contributed by atoms with Crippen molar-refractivity contribution in [3.63, 3.8) is 0 Å². The van der Waals surface area contributed by atoms with Crippen molar-refractivity contribution in [1.29, 1.82) is 0 Å². The summed E-state index contributed by atoms with van der Waals surface area (Å²) in [6, 6.07) is 81.2. The van der Waals surface area contributed by atoms with Crippen LogP contribution < -0.4 is 0 Å². The van der Waals surface area contributed by atoms with Crippen LogP contribution in [0.3, 0.4) is 0 Å². The van der Waals surface area contributed by atoms with E-state index in [9.17, 15) is 0 Å². The summed E-state index contributed by atoms with van der Waals surface area (Å²) >= 11 is 1.88. The average Bonchev–Trinajstić information content (AvgIpc) is 3.96. The molecule has 2 aliphatic carbocycles. The van der Waals surface area contributed by atoms with Crippen LogP contribution in [0.15, 0.2) is 218 Å². The quantitative estimate of drug-likeness (QED) is 0.161. The Labute approximate surface area is 326 Å². The van der Waals surface area contributed by atoms with Gasteiger partial charge in [0.05, 0.1) is 10.8 Å². The third-order valence-electron chi connectivity index (χ3n) is 12.1. The van der Waals surface area contributed by atoms with Gasteiger partial charge in [0.25, 0.3) is 0 Å². The number of hydrogen-bond acceptors (Lipinski definition) is 1. The van der Waals surface area contributed by atoms with E-state index in [2.05, 4.69) is 218 Å². The second-order valence-electron chi connectivity index (χ2n) is 14.7. The summed E-state index contributed by atoms with van der Waals surface area (Å²) in [5, 5.41) is 0. The first kappa shape index (κ1) is 31.9. The average molecular weight is 717 g/mol. The van der Waals surface area contributed by atoms with E-state index in [0.29, 0.717) is 0 Å². The molecule has 0 aliphatic heterocycles. The fraction of sp³-hybridized carbons (Fsp3) is 0.0370. The maximum atomic E-state index is 2.47. The molecular weight excluding hydrogens is 681 g/mol. The zero-order valence-corrected chi connectivity index (χ0v) is 31.0. The van der Waals surface area contributed by atoms with Crippen LogP contribution in [0.1, 0.15) is 44.5 Å². The SMILES string of the molecule is c1ccc(C2(c3ccccc3)c3ccccc3-c3ccc(-c4ccc(-c5ccc6c(c5)C(c5ccccc5)(c5ccccc5)c5ccccc5-6)s4)cc32)cc1. The highest BCUT2D eigenvalue weighted by atomic mass is 32.1. The van der Waals surface area contributed by atoms with Gasteiger partial charge in [0, 0.05) is 9.75 Å². The fourth-order valence-corrected chi connectivity index (χ4v) is 10.8. The lowest BCUT2D eigenvalue weighted by Crippen LogP contribution is -2.28. The molecule has 2 aliphatic rings. The monoisotopic (exact) mass is 716 g/mol. The van der Waals surface area contributed by atoms with E-state index in [1.54, 1.807) is 0 Å². The van der Waals surface area contributed by atoms with Crippen LogP contribution in [-0.2, 0) is 10.8 Å². The number of thiophene rings is 1. The molecule has 8 aromatic carbocycles. The first-order chi connectivity index (χ1) is 27.3. The molecule has 9 aromatic rings. The van der Waals surface area contributed by atoms with Gasteiger partial charge < -0.3 is 0 Å². The van der Waals surface area contributed by atoms with Crippen molar-refractivity contribution in [2.24, 2.45) is 0 Å². The molecule has 0 atom stereocenters. The molecule has 1 heteroatoms. The second-order valence-corrected chi connectivity index (χ2v) is 15.8. The molecule has 0 nitrogen and oxygen atoms in total. The van der Waals surface area contributed by atoms with Gasteiger partial charge in [-0.2, -0.15) is 0 Å². The standard InChI is InChI=1S/C54H36S/c1-5-17-39(18-6-1)53(40-19-7-2-8-20-40)47-27-15-13-25-43(47)45-31-29-37(35-49(45)53)51-33-34-52(55-51)38-30-32-46-44-26-14-16-28-48(44)54(50(46)36-38,41-21-9-3-10-22-41)42-23-11-4-12-24-42/h1-36H. The van der Waals surface area contributed by atoms with Crippen molar-refractivity contribution in [3.8, 4) is 43.1 Å². The smallest absolute Gasteiger partial charge is 0.0713 e. The molecule has 0 saturated heterocycles. The van der Waals surface area contributed by atoms with E-state index >= 15 is 0 Å². The van der Waals surface area contributed by atoms with Crippen LogP contribution in [0.25, 0.3) is 43.1 Å². The minimum atomic E-state index is -0.419. The Kier molecular flexibility index (Phi) is 7.27. The highest BCUT2D eigenvalue weighted by molar-refractivity contribution is 7.18. The molecule has 1 aromatic heterocycles. The molecule has 258 valence electrons. The van der Waals surface area contributed by atoms with Crippen molar-refractivity contribution in [2.45, 2.75) is 10.8 Å². The van der Waals surface area contributed by atoms with Gasteiger partial charge in [0.1, 0.15) is 0 Å². The third-order valence-corrected chi connectivity index (χ3v) is 13.3. The highest BCUT2D eigenvalue weighted by Gasteiger charge is 2.47. The Hall–Kier alpha value is -6.54. The van der Waals surface area contributed by atoms with Gasteiger partial charge in [-0.1, -0.05) is 194 Å². The first-order valence-electron chi connectivity index (χ1n) is 19.1. The van der Waals surface area contributed by atoms with Crippen LogP contribution in [0.2, 0.25) is 0 Å². The predicted molar refractivity (Wildman–Crippen MR) is 230 cm³/mol. The molecule has 0 saturated carbocycles. The summed E-state index contributed by atoms with van der Waals surface area (Å²) in [4.78, 5) is 2.54. The Morgan fingerprint density at radius 3 is 0.927 bits per heavy atom. The highest BCUT2D eigenvalue weighted by Crippen LogP contribution is 2.58. The molecule has 0 amide bonds. The molecule has 55 heavy (non-hydrogen) atoms. The Balaban J connectivity index is 1.07. The largest absolute Gasteiger partial charge is 0.135 e. The third kappa shape index (κ3) is 4.57. The summed E-state index contributed by atoms with van der Waals surface area (Å²) in [5.74, 6) is 0.